The number of rotatable bonds is 4. The van der Waals surface area contributed by atoms with Gasteiger partial charge < -0.3 is 5.32 Å². The van der Waals surface area contributed by atoms with Crippen LogP contribution in [-0.4, -0.2) is 20.4 Å². The molecule has 0 aliphatic rings. The van der Waals surface area contributed by atoms with Gasteiger partial charge in [0.1, 0.15) is 12.2 Å². The van der Waals surface area contributed by atoms with Gasteiger partial charge in [-0.15, -0.1) is 0 Å². The number of hydrogen-bond acceptors (Lipinski definition) is 5. The molecular weight excluding hydrogens is 360 g/mol. The third kappa shape index (κ3) is 3.55. The SMILES string of the molecule is Cc1ccc(NC(=O)Cn2cnc3cc(Cl)ccc3c2=O)c([N+](=O)[O-])c1. The molecule has 132 valence electrons. The lowest BCUT2D eigenvalue weighted by molar-refractivity contribution is -0.384. The Balaban J connectivity index is 1.86. The van der Waals surface area contributed by atoms with Crippen molar-refractivity contribution in [1.29, 1.82) is 0 Å². The Morgan fingerprint density at radius 1 is 1.31 bits per heavy atom. The smallest absolute Gasteiger partial charge is 0.293 e. The van der Waals surface area contributed by atoms with Crippen LogP contribution >= 0.6 is 11.6 Å². The fourth-order valence-electron chi connectivity index (χ4n) is 2.49. The van der Waals surface area contributed by atoms with Gasteiger partial charge in [0.05, 0.1) is 22.2 Å². The number of amides is 1. The lowest BCUT2D eigenvalue weighted by Crippen LogP contribution is -2.28. The standard InChI is InChI=1S/C17H13ClN4O4/c1-10-2-5-13(15(6-10)22(25)26)20-16(23)8-21-9-19-14-7-11(18)3-4-12(14)17(21)24/h2-7,9H,8H2,1H3,(H,20,23). The molecule has 1 N–H and O–H groups in total. The van der Waals surface area contributed by atoms with Crippen molar-refractivity contribution in [2.75, 3.05) is 5.32 Å². The molecule has 0 unspecified atom stereocenters. The molecule has 0 radical (unpaired) electrons. The van der Waals surface area contributed by atoms with E-state index in [4.69, 9.17) is 11.6 Å². The van der Waals surface area contributed by atoms with Crippen LogP contribution in [0.25, 0.3) is 10.9 Å². The van der Waals surface area contributed by atoms with Crippen LogP contribution < -0.4 is 10.9 Å². The Bertz CT molecular complexity index is 1090. The van der Waals surface area contributed by atoms with E-state index in [2.05, 4.69) is 10.3 Å². The molecule has 9 heteroatoms. The molecular formula is C17H13ClN4O4. The lowest BCUT2D eigenvalue weighted by atomic mass is 10.2. The third-order valence-corrected chi connectivity index (χ3v) is 3.96. The fraction of sp³-hybridized carbons (Fsp3) is 0.118. The molecule has 2 aromatic carbocycles. The number of aryl methyl sites for hydroxylation is 1. The third-order valence-electron chi connectivity index (χ3n) is 3.73. The zero-order chi connectivity index (χ0) is 18.8. The van der Waals surface area contributed by atoms with Crippen molar-refractivity contribution in [3.8, 4) is 0 Å². The molecule has 0 saturated heterocycles. The number of nitrogens with zero attached hydrogens (tertiary/aromatic N) is 3. The predicted octanol–water partition coefficient (Wildman–Crippen LogP) is 2.91. The van der Waals surface area contributed by atoms with Gasteiger partial charge in [0.15, 0.2) is 0 Å². The van der Waals surface area contributed by atoms with Crippen LogP contribution in [0, 0.1) is 17.0 Å². The maximum atomic E-state index is 12.4. The van der Waals surface area contributed by atoms with Crippen molar-refractivity contribution in [2.45, 2.75) is 13.5 Å². The summed E-state index contributed by atoms with van der Waals surface area (Å²) in [7, 11) is 0. The second-order valence-corrected chi connectivity index (χ2v) is 6.10. The van der Waals surface area contributed by atoms with Gasteiger partial charge in [-0.2, -0.15) is 0 Å². The largest absolute Gasteiger partial charge is 0.319 e. The summed E-state index contributed by atoms with van der Waals surface area (Å²) >= 11 is 5.87. The molecule has 3 aromatic rings. The van der Waals surface area contributed by atoms with Gasteiger partial charge in [0.2, 0.25) is 5.91 Å². The first kappa shape index (κ1) is 17.6. The predicted molar refractivity (Wildman–Crippen MR) is 97.5 cm³/mol. The average Bonchev–Trinajstić information content (AvgIpc) is 2.58. The number of aromatic nitrogens is 2. The zero-order valence-corrected chi connectivity index (χ0v) is 14.4. The Kier molecular flexibility index (Phi) is 4.68. The van der Waals surface area contributed by atoms with E-state index in [1.54, 1.807) is 25.1 Å². The first-order valence-electron chi connectivity index (χ1n) is 7.55. The summed E-state index contributed by atoms with van der Waals surface area (Å²) in [6, 6.07) is 9.12. The summed E-state index contributed by atoms with van der Waals surface area (Å²) in [6.07, 6.45) is 1.24. The quantitative estimate of drug-likeness (QED) is 0.559. The summed E-state index contributed by atoms with van der Waals surface area (Å²) in [6.45, 7) is 1.39. The highest BCUT2D eigenvalue weighted by Crippen LogP contribution is 2.25. The molecule has 0 aliphatic heterocycles. The first-order chi connectivity index (χ1) is 12.3. The van der Waals surface area contributed by atoms with Crippen molar-refractivity contribution in [3.63, 3.8) is 0 Å². The number of halogens is 1. The van der Waals surface area contributed by atoms with Crippen LogP contribution in [0.15, 0.2) is 47.5 Å². The number of carbonyl (C=O) groups excluding carboxylic acids is 1. The fourth-order valence-corrected chi connectivity index (χ4v) is 2.65. The number of hydrogen-bond donors (Lipinski definition) is 1. The maximum absolute atomic E-state index is 12.4. The molecule has 0 atom stereocenters. The van der Waals surface area contributed by atoms with Gasteiger partial charge in [-0.25, -0.2) is 4.98 Å². The van der Waals surface area contributed by atoms with Crippen molar-refractivity contribution >= 4 is 39.8 Å². The van der Waals surface area contributed by atoms with E-state index in [0.717, 1.165) is 4.57 Å². The van der Waals surface area contributed by atoms with Crippen molar-refractivity contribution in [3.05, 3.63) is 73.8 Å². The van der Waals surface area contributed by atoms with Crippen LogP contribution in [-0.2, 0) is 11.3 Å². The molecule has 0 bridgehead atoms. The molecule has 26 heavy (non-hydrogen) atoms. The van der Waals surface area contributed by atoms with Gasteiger partial charge in [-0.3, -0.25) is 24.3 Å². The minimum atomic E-state index is -0.575. The number of carbonyl (C=O) groups is 1. The summed E-state index contributed by atoms with van der Waals surface area (Å²) < 4.78 is 1.13. The van der Waals surface area contributed by atoms with Crippen molar-refractivity contribution in [2.24, 2.45) is 0 Å². The Morgan fingerprint density at radius 3 is 2.81 bits per heavy atom. The molecule has 1 heterocycles. The van der Waals surface area contributed by atoms with Gasteiger partial charge in [0, 0.05) is 11.1 Å². The minimum Gasteiger partial charge on any atom is -0.319 e. The van der Waals surface area contributed by atoms with E-state index in [9.17, 15) is 19.7 Å². The van der Waals surface area contributed by atoms with E-state index < -0.39 is 16.4 Å². The summed E-state index contributed by atoms with van der Waals surface area (Å²) in [4.78, 5) is 39.3. The number of nitrogens with one attached hydrogen (secondary N) is 1. The van der Waals surface area contributed by atoms with E-state index in [0.29, 0.717) is 21.5 Å². The molecule has 8 nitrogen and oxygen atoms in total. The highest BCUT2D eigenvalue weighted by molar-refractivity contribution is 6.31. The van der Waals surface area contributed by atoms with Gasteiger partial charge in [0.25, 0.3) is 11.2 Å². The molecule has 0 aliphatic carbocycles. The highest BCUT2D eigenvalue weighted by Gasteiger charge is 2.16. The number of anilines is 1. The molecule has 0 spiro atoms. The molecule has 1 aromatic heterocycles. The van der Waals surface area contributed by atoms with Crippen molar-refractivity contribution < 1.29 is 9.72 Å². The molecule has 0 fully saturated rings. The van der Waals surface area contributed by atoms with Gasteiger partial charge in [-0.05, 0) is 36.8 Å². The summed E-state index contributed by atoms with van der Waals surface area (Å²) in [5, 5.41) is 14.4. The Labute approximate surface area is 152 Å². The number of nitro benzene ring substituents is 1. The monoisotopic (exact) mass is 372 g/mol. The summed E-state index contributed by atoms with van der Waals surface area (Å²) in [5.74, 6) is -0.575. The average molecular weight is 373 g/mol. The summed E-state index contributed by atoms with van der Waals surface area (Å²) in [5.41, 5.74) is 0.577. The number of benzene rings is 2. The Morgan fingerprint density at radius 2 is 2.08 bits per heavy atom. The van der Waals surface area contributed by atoms with Crippen LogP contribution in [0.5, 0.6) is 0 Å². The Hall–Kier alpha value is -3.26. The van der Waals surface area contributed by atoms with Crippen molar-refractivity contribution in [1.82, 2.24) is 9.55 Å². The number of nitro groups is 1. The van der Waals surface area contributed by atoms with Gasteiger partial charge in [-0.1, -0.05) is 17.7 Å². The highest BCUT2D eigenvalue weighted by atomic mass is 35.5. The minimum absolute atomic E-state index is 0.0687. The van der Waals surface area contributed by atoms with Crippen LogP contribution in [0.4, 0.5) is 11.4 Å². The van der Waals surface area contributed by atoms with E-state index in [1.165, 1.54) is 24.5 Å². The normalized spacial score (nSPS) is 10.7. The second kappa shape index (κ2) is 6.93. The second-order valence-electron chi connectivity index (χ2n) is 5.66. The topological polar surface area (TPSA) is 107 Å². The molecule has 3 rings (SSSR count). The van der Waals surface area contributed by atoms with Crippen LogP contribution in [0.2, 0.25) is 5.02 Å². The molecule has 0 saturated carbocycles. The first-order valence-corrected chi connectivity index (χ1v) is 7.92. The van der Waals surface area contributed by atoms with E-state index in [1.807, 2.05) is 0 Å². The van der Waals surface area contributed by atoms with E-state index >= 15 is 0 Å². The van der Waals surface area contributed by atoms with Gasteiger partial charge >= 0.3 is 0 Å². The maximum Gasteiger partial charge on any atom is 0.293 e. The zero-order valence-electron chi connectivity index (χ0n) is 13.6. The lowest BCUT2D eigenvalue weighted by Gasteiger charge is -2.09. The van der Waals surface area contributed by atoms with E-state index in [-0.39, 0.29) is 17.9 Å². The number of fused-ring (bicyclic) bond motifs is 1. The van der Waals surface area contributed by atoms with Crippen LogP contribution in [0.3, 0.4) is 0 Å². The van der Waals surface area contributed by atoms with Crippen LogP contribution in [0.1, 0.15) is 5.56 Å². The molecule has 1 amide bonds.